The van der Waals surface area contributed by atoms with Crippen LogP contribution in [0.1, 0.15) is 5.56 Å². The first kappa shape index (κ1) is 17.3. The number of benzene rings is 2. The lowest BCUT2D eigenvalue weighted by molar-refractivity contribution is -0.384. The molecule has 0 atom stereocenters. The Morgan fingerprint density at radius 2 is 1.83 bits per heavy atom. The topological polar surface area (TPSA) is 80.5 Å². The summed E-state index contributed by atoms with van der Waals surface area (Å²) in [5.74, 6) is -0.424. The molecule has 2 aromatic rings. The van der Waals surface area contributed by atoms with Crippen molar-refractivity contribution in [2.75, 3.05) is 7.05 Å². The van der Waals surface area contributed by atoms with Crippen LogP contribution in [0.25, 0.3) is 0 Å². The molecule has 0 fully saturated rings. The highest BCUT2D eigenvalue weighted by atomic mass is 35.5. The molecule has 0 bridgehead atoms. The Kier molecular flexibility index (Phi) is 4.98. The van der Waals surface area contributed by atoms with Gasteiger partial charge in [-0.2, -0.15) is 4.31 Å². The fourth-order valence-corrected chi connectivity index (χ4v) is 3.27. The second-order valence-corrected chi connectivity index (χ2v) is 7.21. The van der Waals surface area contributed by atoms with Gasteiger partial charge in [-0.15, -0.1) is 0 Å². The summed E-state index contributed by atoms with van der Waals surface area (Å²) < 4.78 is 38.8. The van der Waals surface area contributed by atoms with Gasteiger partial charge in [0, 0.05) is 19.7 Å². The number of nitro groups is 1. The van der Waals surface area contributed by atoms with Gasteiger partial charge in [-0.3, -0.25) is 10.1 Å². The zero-order valence-electron chi connectivity index (χ0n) is 11.9. The van der Waals surface area contributed by atoms with Gasteiger partial charge in [0.15, 0.2) is 0 Å². The summed E-state index contributed by atoms with van der Waals surface area (Å²) in [6.07, 6.45) is 0. The number of sulfonamides is 1. The summed E-state index contributed by atoms with van der Waals surface area (Å²) in [6.45, 7) is -0.000955. The molecular weight excluding hydrogens is 347 g/mol. The molecule has 2 aromatic carbocycles. The first-order valence-corrected chi connectivity index (χ1v) is 8.18. The lowest BCUT2D eigenvalue weighted by atomic mass is 10.2. The second-order valence-electron chi connectivity index (χ2n) is 4.76. The van der Waals surface area contributed by atoms with E-state index in [4.69, 9.17) is 11.6 Å². The van der Waals surface area contributed by atoms with E-state index in [0.717, 1.165) is 16.4 Å². The van der Waals surface area contributed by atoms with Crippen molar-refractivity contribution < 1.29 is 17.7 Å². The van der Waals surface area contributed by atoms with E-state index in [1.807, 2.05) is 0 Å². The number of rotatable bonds is 5. The van der Waals surface area contributed by atoms with Gasteiger partial charge in [0.25, 0.3) is 5.69 Å². The smallest absolute Gasteiger partial charge is 0.258 e. The molecule has 0 N–H and O–H groups in total. The first-order chi connectivity index (χ1) is 10.7. The highest BCUT2D eigenvalue weighted by molar-refractivity contribution is 7.89. The predicted molar refractivity (Wildman–Crippen MR) is 83.2 cm³/mol. The standard InChI is InChI=1S/C14H12ClFN2O4S/c1-17(9-10-2-4-11(16)5-3-10)23(21,22)12-6-7-13(15)14(8-12)18(19)20/h2-8H,9H2,1H3. The third kappa shape index (κ3) is 3.84. The van der Waals surface area contributed by atoms with E-state index in [1.165, 1.54) is 37.4 Å². The Bertz CT molecular complexity index is 840. The lowest BCUT2D eigenvalue weighted by Gasteiger charge is -2.17. The average molecular weight is 359 g/mol. The molecule has 0 unspecified atom stereocenters. The molecule has 0 heterocycles. The van der Waals surface area contributed by atoms with Crippen LogP contribution in [-0.4, -0.2) is 24.7 Å². The van der Waals surface area contributed by atoms with Crippen LogP contribution >= 0.6 is 11.6 Å². The minimum absolute atomic E-state index is 0.000955. The van der Waals surface area contributed by atoms with Crippen LogP contribution in [0.2, 0.25) is 5.02 Å². The highest BCUT2D eigenvalue weighted by Gasteiger charge is 2.24. The van der Waals surface area contributed by atoms with E-state index in [1.54, 1.807) is 0 Å². The van der Waals surface area contributed by atoms with E-state index < -0.39 is 26.5 Å². The van der Waals surface area contributed by atoms with Crippen molar-refractivity contribution in [2.24, 2.45) is 0 Å². The zero-order valence-corrected chi connectivity index (χ0v) is 13.5. The van der Waals surface area contributed by atoms with Gasteiger partial charge in [-0.25, -0.2) is 12.8 Å². The maximum absolute atomic E-state index is 12.9. The molecule has 0 aliphatic rings. The molecule has 0 saturated heterocycles. The van der Waals surface area contributed by atoms with E-state index >= 15 is 0 Å². The molecule has 0 spiro atoms. The van der Waals surface area contributed by atoms with Gasteiger partial charge in [0.05, 0.1) is 9.82 Å². The summed E-state index contributed by atoms with van der Waals surface area (Å²) in [5, 5.41) is 10.7. The Labute approximate surface area is 137 Å². The van der Waals surface area contributed by atoms with Crippen LogP contribution < -0.4 is 0 Å². The minimum Gasteiger partial charge on any atom is -0.258 e. The van der Waals surface area contributed by atoms with Crippen molar-refractivity contribution in [2.45, 2.75) is 11.4 Å². The summed E-state index contributed by atoms with van der Waals surface area (Å²) in [6, 6.07) is 8.66. The number of hydrogen-bond acceptors (Lipinski definition) is 4. The summed E-state index contributed by atoms with van der Waals surface area (Å²) >= 11 is 5.68. The first-order valence-electron chi connectivity index (χ1n) is 6.36. The van der Waals surface area contributed by atoms with Crippen molar-refractivity contribution in [3.05, 3.63) is 69.0 Å². The quantitative estimate of drug-likeness (QED) is 0.607. The van der Waals surface area contributed by atoms with Gasteiger partial charge in [-0.05, 0) is 29.8 Å². The molecule has 0 saturated carbocycles. The van der Waals surface area contributed by atoms with Crippen LogP contribution in [-0.2, 0) is 16.6 Å². The van der Waals surface area contributed by atoms with Gasteiger partial charge in [-0.1, -0.05) is 23.7 Å². The maximum Gasteiger partial charge on any atom is 0.289 e. The predicted octanol–water partition coefficient (Wildman–Crippen LogP) is 3.21. The van der Waals surface area contributed by atoms with Crippen LogP contribution in [0, 0.1) is 15.9 Å². The van der Waals surface area contributed by atoms with E-state index in [2.05, 4.69) is 0 Å². The van der Waals surface area contributed by atoms with Gasteiger partial charge in [0.2, 0.25) is 10.0 Å². The zero-order chi connectivity index (χ0) is 17.2. The number of halogens is 2. The fourth-order valence-electron chi connectivity index (χ4n) is 1.90. The molecule has 122 valence electrons. The summed E-state index contributed by atoms with van der Waals surface area (Å²) in [5.41, 5.74) is 0.101. The Morgan fingerprint density at radius 1 is 1.22 bits per heavy atom. The molecule has 0 radical (unpaired) electrons. The largest absolute Gasteiger partial charge is 0.289 e. The van der Waals surface area contributed by atoms with Crippen LogP contribution in [0.15, 0.2) is 47.4 Å². The molecule has 0 aromatic heterocycles. The van der Waals surface area contributed by atoms with Crippen molar-refractivity contribution in [3.63, 3.8) is 0 Å². The SMILES string of the molecule is CN(Cc1ccc(F)cc1)S(=O)(=O)c1ccc(Cl)c([N+](=O)[O-])c1. The average Bonchev–Trinajstić information content (AvgIpc) is 2.49. The van der Waals surface area contributed by atoms with Crippen LogP contribution in [0.3, 0.4) is 0 Å². The van der Waals surface area contributed by atoms with Gasteiger partial charge >= 0.3 is 0 Å². The molecule has 6 nitrogen and oxygen atoms in total. The van der Waals surface area contributed by atoms with Gasteiger partial charge < -0.3 is 0 Å². The van der Waals surface area contributed by atoms with Crippen molar-refractivity contribution in [1.29, 1.82) is 0 Å². The summed E-state index contributed by atoms with van der Waals surface area (Å²) in [4.78, 5) is 9.88. The Morgan fingerprint density at radius 3 is 2.39 bits per heavy atom. The minimum atomic E-state index is -3.94. The normalized spacial score (nSPS) is 11.7. The fraction of sp³-hybridized carbons (Fsp3) is 0.143. The Hall–Kier alpha value is -2.03. The van der Waals surface area contributed by atoms with Crippen molar-refractivity contribution in [3.8, 4) is 0 Å². The van der Waals surface area contributed by atoms with Gasteiger partial charge in [0.1, 0.15) is 10.8 Å². The molecule has 23 heavy (non-hydrogen) atoms. The second kappa shape index (κ2) is 6.61. The molecule has 0 aliphatic carbocycles. The molecular formula is C14H12ClFN2O4S. The van der Waals surface area contributed by atoms with Crippen LogP contribution in [0.5, 0.6) is 0 Å². The number of hydrogen-bond donors (Lipinski definition) is 0. The third-order valence-electron chi connectivity index (χ3n) is 3.14. The molecule has 0 amide bonds. The van der Waals surface area contributed by atoms with Crippen molar-refractivity contribution in [1.82, 2.24) is 4.31 Å². The molecule has 0 aliphatic heterocycles. The van der Waals surface area contributed by atoms with E-state index in [-0.39, 0.29) is 16.5 Å². The summed E-state index contributed by atoms with van der Waals surface area (Å²) in [7, 11) is -2.61. The lowest BCUT2D eigenvalue weighted by Crippen LogP contribution is -2.26. The molecule has 2 rings (SSSR count). The Balaban J connectivity index is 2.32. The highest BCUT2D eigenvalue weighted by Crippen LogP contribution is 2.28. The molecule has 9 heteroatoms. The van der Waals surface area contributed by atoms with Crippen molar-refractivity contribution >= 4 is 27.3 Å². The third-order valence-corrected chi connectivity index (χ3v) is 5.26. The number of nitrogens with zero attached hydrogens (tertiary/aromatic N) is 2. The van der Waals surface area contributed by atoms with E-state index in [0.29, 0.717) is 5.56 Å². The maximum atomic E-state index is 12.9. The van der Waals surface area contributed by atoms with Crippen LogP contribution in [0.4, 0.5) is 10.1 Å². The van der Waals surface area contributed by atoms with E-state index in [9.17, 15) is 22.9 Å². The number of nitro benzene ring substituents is 1. The monoisotopic (exact) mass is 358 g/mol.